The highest BCUT2D eigenvalue weighted by Crippen LogP contribution is 2.22. The quantitative estimate of drug-likeness (QED) is 0.866. The Morgan fingerprint density at radius 1 is 1.11 bits per heavy atom. The van der Waals surface area contributed by atoms with Crippen LogP contribution in [0.15, 0.2) is 36.7 Å². The minimum Gasteiger partial charge on any atom is -0.390 e. The molecule has 4 heteroatoms. The van der Waals surface area contributed by atoms with Crippen LogP contribution in [0.1, 0.15) is 16.8 Å². The van der Waals surface area contributed by atoms with Gasteiger partial charge < -0.3 is 10.0 Å². The van der Waals surface area contributed by atoms with E-state index in [1.165, 1.54) is 11.1 Å². The van der Waals surface area contributed by atoms with E-state index >= 15 is 0 Å². The third kappa shape index (κ3) is 2.07. The van der Waals surface area contributed by atoms with Crippen LogP contribution in [0.5, 0.6) is 0 Å². The first-order valence-corrected chi connectivity index (χ1v) is 6.10. The van der Waals surface area contributed by atoms with E-state index in [9.17, 15) is 0 Å². The fraction of sp³-hybridized carbons (Fsp3) is 0.286. The van der Waals surface area contributed by atoms with E-state index in [1.807, 2.05) is 0 Å². The topological polar surface area (TPSA) is 49.3 Å². The van der Waals surface area contributed by atoms with Gasteiger partial charge in [0.05, 0.1) is 24.7 Å². The Bertz CT molecular complexity index is 539. The number of benzene rings is 1. The smallest absolute Gasteiger partial charge is 0.147 e. The highest BCUT2D eigenvalue weighted by molar-refractivity contribution is 5.42. The molecule has 0 bridgehead atoms. The zero-order chi connectivity index (χ0) is 12.4. The van der Waals surface area contributed by atoms with Crippen LogP contribution in [0.25, 0.3) is 0 Å². The fourth-order valence-electron chi connectivity index (χ4n) is 2.28. The minimum absolute atomic E-state index is 0.0594. The summed E-state index contributed by atoms with van der Waals surface area (Å²) in [4.78, 5) is 10.7. The molecule has 0 saturated heterocycles. The van der Waals surface area contributed by atoms with Crippen LogP contribution < -0.4 is 4.90 Å². The Balaban J connectivity index is 1.82. The summed E-state index contributed by atoms with van der Waals surface area (Å²) in [6.07, 6.45) is 4.41. The third-order valence-electron chi connectivity index (χ3n) is 3.31. The standard InChI is InChI=1S/C14H15N3O/c18-10-13-7-16-14(8-15-13)17-6-5-11-3-1-2-4-12(11)9-17/h1-4,7-8,18H,5-6,9-10H2. The summed E-state index contributed by atoms with van der Waals surface area (Å²) in [5, 5.41) is 8.95. The predicted octanol–water partition coefficient (Wildman–Crippen LogP) is 1.53. The van der Waals surface area contributed by atoms with E-state index in [0.717, 1.165) is 25.3 Å². The van der Waals surface area contributed by atoms with Gasteiger partial charge in [0.25, 0.3) is 0 Å². The zero-order valence-electron chi connectivity index (χ0n) is 10.1. The Morgan fingerprint density at radius 3 is 2.67 bits per heavy atom. The van der Waals surface area contributed by atoms with Crippen LogP contribution in [0.3, 0.4) is 0 Å². The molecular formula is C14H15N3O. The molecule has 18 heavy (non-hydrogen) atoms. The summed E-state index contributed by atoms with van der Waals surface area (Å²) in [5.41, 5.74) is 3.39. The van der Waals surface area contributed by atoms with Crippen molar-refractivity contribution < 1.29 is 5.11 Å². The molecule has 0 spiro atoms. The molecule has 0 fully saturated rings. The van der Waals surface area contributed by atoms with E-state index in [0.29, 0.717) is 5.69 Å². The van der Waals surface area contributed by atoms with Gasteiger partial charge in [0.15, 0.2) is 0 Å². The number of aliphatic hydroxyl groups excluding tert-OH is 1. The number of rotatable bonds is 2. The lowest BCUT2D eigenvalue weighted by Gasteiger charge is -2.29. The fourth-order valence-corrected chi connectivity index (χ4v) is 2.28. The van der Waals surface area contributed by atoms with Crippen LogP contribution in [0, 0.1) is 0 Å². The van der Waals surface area contributed by atoms with Crippen LogP contribution in [0.4, 0.5) is 5.82 Å². The number of hydrogen-bond acceptors (Lipinski definition) is 4. The second kappa shape index (κ2) is 4.74. The van der Waals surface area contributed by atoms with Crippen LogP contribution in [0.2, 0.25) is 0 Å². The molecule has 92 valence electrons. The maximum absolute atomic E-state index is 8.95. The molecule has 1 N–H and O–H groups in total. The highest BCUT2D eigenvalue weighted by Gasteiger charge is 2.16. The van der Waals surface area contributed by atoms with E-state index < -0.39 is 0 Å². The lowest BCUT2D eigenvalue weighted by molar-refractivity contribution is 0.276. The number of hydrogen-bond donors (Lipinski definition) is 1. The molecular weight excluding hydrogens is 226 g/mol. The molecule has 4 nitrogen and oxygen atoms in total. The van der Waals surface area contributed by atoms with Crippen molar-refractivity contribution in [2.45, 2.75) is 19.6 Å². The van der Waals surface area contributed by atoms with E-state index in [2.05, 4.69) is 39.1 Å². The first-order valence-electron chi connectivity index (χ1n) is 6.10. The largest absolute Gasteiger partial charge is 0.390 e. The summed E-state index contributed by atoms with van der Waals surface area (Å²) < 4.78 is 0. The maximum atomic E-state index is 8.95. The predicted molar refractivity (Wildman–Crippen MR) is 69.2 cm³/mol. The molecule has 0 aliphatic carbocycles. The van der Waals surface area contributed by atoms with Crippen molar-refractivity contribution in [3.8, 4) is 0 Å². The molecule has 1 aliphatic heterocycles. The first kappa shape index (κ1) is 11.2. The molecule has 1 aromatic carbocycles. The van der Waals surface area contributed by atoms with Crippen LogP contribution >= 0.6 is 0 Å². The van der Waals surface area contributed by atoms with Crippen LogP contribution in [-0.2, 0) is 19.6 Å². The third-order valence-corrected chi connectivity index (χ3v) is 3.31. The van der Waals surface area contributed by atoms with E-state index in [-0.39, 0.29) is 6.61 Å². The van der Waals surface area contributed by atoms with Gasteiger partial charge >= 0.3 is 0 Å². The van der Waals surface area contributed by atoms with Gasteiger partial charge in [0.1, 0.15) is 5.82 Å². The first-order chi connectivity index (χ1) is 8.86. The molecule has 2 aromatic rings. The van der Waals surface area contributed by atoms with Crippen molar-refractivity contribution in [2.24, 2.45) is 0 Å². The molecule has 0 amide bonds. The highest BCUT2D eigenvalue weighted by atomic mass is 16.3. The summed E-state index contributed by atoms with van der Waals surface area (Å²) in [6, 6.07) is 8.51. The number of fused-ring (bicyclic) bond motifs is 1. The van der Waals surface area contributed by atoms with Gasteiger partial charge in [-0.25, -0.2) is 4.98 Å². The Hall–Kier alpha value is -1.94. The second-order valence-corrected chi connectivity index (χ2v) is 4.46. The second-order valence-electron chi connectivity index (χ2n) is 4.46. The summed E-state index contributed by atoms with van der Waals surface area (Å²) >= 11 is 0. The lowest BCUT2D eigenvalue weighted by Crippen LogP contribution is -2.31. The summed E-state index contributed by atoms with van der Waals surface area (Å²) in [7, 11) is 0. The SMILES string of the molecule is OCc1cnc(N2CCc3ccccc3C2)cn1. The number of nitrogens with zero attached hydrogens (tertiary/aromatic N) is 3. The average Bonchev–Trinajstić information content (AvgIpc) is 2.47. The number of aromatic nitrogens is 2. The van der Waals surface area contributed by atoms with E-state index in [4.69, 9.17) is 5.11 Å². The molecule has 0 unspecified atom stereocenters. The van der Waals surface area contributed by atoms with Crippen molar-refractivity contribution in [1.29, 1.82) is 0 Å². The van der Waals surface area contributed by atoms with Gasteiger partial charge in [0.2, 0.25) is 0 Å². The molecule has 2 heterocycles. The van der Waals surface area contributed by atoms with Gasteiger partial charge in [-0.2, -0.15) is 0 Å². The average molecular weight is 241 g/mol. The van der Waals surface area contributed by atoms with E-state index in [1.54, 1.807) is 12.4 Å². The van der Waals surface area contributed by atoms with Crippen molar-refractivity contribution >= 4 is 5.82 Å². The lowest BCUT2D eigenvalue weighted by atomic mass is 10.0. The number of anilines is 1. The van der Waals surface area contributed by atoms with Crippen molar-refractivity contribution in [1.82, 2.24) is 9.97 Å². The molecule has 1 aliphatic rings. The Morgan fingerprint density at radius 2 is 1.94 bits per heavy atom. The van der Waals surface area contributed by atoms with Crippen molar-refractivity contribution in [3.05, 3.63) is 53.5 Å². The summed E-state index contributed by atoms with van der Waals surface area (Å²) in [5.74, 6) is 0.877. The molecule has 0 saturated carbocycles. The van der Waals surface area contributed by atoms with Gasteiger partial charge in [0, 0.05) is 13.1 Å². The maximum Gasteiger partial charge on any atom is 0.147 e. The zero-order valence-corrected chi connectivity index (χ0v) is 10.1. The number of aliphatic hydroxyl groups is 1. The summed E-state index contributed by atoms with van der Waals surface area (Å²) in [6.45, 7) is 1.78. The minimum atomic E-state index is -0.0594. The molecule has 3 rings (SSSR count). The Kier molecular flexibility index (Phi) is 2.94. The van der Waals surface area contributed by atoms with Crippen molar-refractivity contribution in [3.63, 3.8) is 0 Å². The van der Waals surface area contributed by atoms with Gasteiger partial charge in [-0.05, 0) is 17.5 Å². The normalized spacial score (nSPS) is 14.4. The monoisotopic (exact) mass is 241 g/mol. The molecule has 0 radical (unpaired) electrons. The molecule has 1 aromatic heterocycles. The molecule has 0 atom stereocenters. The van der Waals surface area contributed by atoms with Gasteiger partial charge in [-0.1, -0.05) is 24.3 Å². The van der Waals surface area contributed by atoms with Crippen LogP contribution in [-0.4, -0.2) is 21.6 Å². The van der Waals surface area contributed by atoms with Crippen molar-refractivity contribution in [2.75, 3.05) is 11.4 Å². The van der Waals surface area contributed by atoms with Gasteiger partial charge in [-0.15, -0.1) is 0 Å². The van der Waals surface area contributed by atoms with Gasteiger partial charge in [-0.3, -0.25) is 4.98 Å². The Labute approximate surface area is 106 Å².